The highest BCUT2D eigenvalue weighted by Gasteiger charge is 2.16. The number of rotatable bonds is 11. The molecule has 1 aromatic heterocycles. The lowest BCUT2D eigenvalue weighted by Crippen LogP contribution is -2.40. The minimum Gasteiger partial charge on any atom is -0.355 e. The van der Waals surface area contributed by atoms with Gasteiger partial charge in [0, 0.05) is 46.0 Å². The van der Waals surface area contributed by atoms with Gasteiger partial charge in [0.2, 0.25) is 0 Å². The fourth-order valence-corrected chi connectivity index (χ4v) is 7.66. The van der Waals surface area contributed by atoms with Crippen molar-refractivity contribution in [3.8, 4) is 27.9 Å². The highest BCUT2D eigenvalue weighted by molar-refractivity contribution is 6.10. The van der Waals surface area contributed by atoms with Crippen LogP contribution in [0.5, 0.6) is 0 Å². The number of anilines is 2. The Morgan fingerprint density at radius 2 is 1.14 bits per heavy atom. The van der Waals surface area contributed by atoms with Gasteiger partial charge in [-0.1, -0.05) is 152 Å². The average Bonchev–Trinajstić information content (AvgIpc) is 3.62. The number of para-hydroxylation sites is 2. The zero-order valence-electron chi connectivity index (χ0n) is 31.9. The predicted octanol–water partition coefficient (Wildman–Crippen LogP) is 12.4. The SMILES string of the molecule is CNN(Cc1ccccc1)C(=NCc1ccc(Nc2ccc(-c3ccc4c(c3)c3ccccc3n4-c3ccccc3)cc2-c2ccccc2)cc1)c1ccccc1. The highest BCUT2D eigenvalue weighted by atomic mass is 15.5. The maximum atomic E-state index is 5.15. The van der Waals surface area contributed by atoms with Crippen LogP contribution in [0.4, 0.5) is 11.4 Å². The van der Waals surface area contributed by atoms with Gasteiger partial charge in [0.1, 0.15) is 5.84 Å². The summed E-state index contributed by atoms with van der Waals surface area (Å²) in [4.78, 5) is 5.15. The van der Waals surface area contributed by atoms with Crippen molar-refractivity contribution >= 4 is 39.0 Å². The Morgan fingerprint density at radius 3 is 1.88 bits per heavy atom. The van der Waals surface area contributed by atoms with Gasteiger partial charge in [-0.2, -0.15) is 0 Å². The van der Waals surface area contributed by atoms with Crippen molar-refractivity contribution in [2.45, 2.75) is 13.1 Å². The molecule has 0 radical (unpaired) electrons. The summed E-state index contributed by atoms with van der Waals surface area (Å²) in [6.07, 6.45) is 0. The monoisotopic (exact) mass is 737 g/mol. The van der Waals surface area contributed by atoms with Gasteiger partial charge in [0.15, 0.2) is 0 Å². The first kappa shape index (κ1) is 35.5. The fourth-order valence-electron chi connectivity index (χ4n) is 7.66. The van der Waals surface area contributed by atoms with Gasteiger partial charge >= 0.3 is 0 Å². The first-order valence-corrected chi connectivity index (χ1v) is 19.4. The van der Waals surface area contributed by atoms with Crippen LogP contribution >= 0.6 is 0 Å². The molecule has 9 rings (SSSR count). The summed E-state index contributed by atoms with van der Waals surface area (Å²) >= 11 is 0. The lowest BCUT2D eigenvalue weighted by atomic mass is 9.96. The van der Waals surface area contributed by atoms with Crippen LogP contribution in [0.15, 0.2) is 211 Å². The number of amidine groups is 1. The Morgan fingerprint density at radius 1 is 0.526 bits per heavy atom. The van der Waals surface area contributed by atoms with Gasteiger partial charge in [-0.25, -0.2) is 5.43 Å². The summed E-state index contributed by atoms with van der Waals surface area (Å²) in [5, 5.41) is 8.34. The highest BCUT2D eigenvalue weighted by Crippen LogP contribution is 2.38. The van der Waals surface area contributed by atoms with Crippen LogP contribution in [0.3, 0.4) is 0 Å². The van der Waals surface area contributed by atoms with Gasteiger partial charge in [0.05, 0.1) is 24.1 Å². The van der Waals surface area contributed by atoms with Gasteiger partial charge in [-0.3, -0.25) is 10.0 Å². The van der Waals surface area contributed by atoms with Crippen LogP contribution in [-0.2, 0) is 13.1 Å². The second kappa shape index (κ2) is 16.3. The molecule has 0 spiro atoms. The third-order valence-electron chi connectivity index (χ3n) is 10.5. The number of hydrogen-bond donors (Lipinski definition) is 2. The van der Waals surface area contributed by atoms with Gasteiger partial charge in [-0.05, 0) is 82.4 Å². The molecule has 8 aromatic carbocycles. The van der Waals surface area contributed by atoms with Crippen molar-refractivity contribution in [2.24, 2.45) is 4.99 Å². The van der Waals surface area contributed by atoms with Crippen molar-refractivity contribution in [3.63, 3.8) is 0 Å². The summed E-state index contributed by atoms with van der Waals surface area (Å²) < 4.78 is 2.36. The number of hydrazine groups is 1. The van der Waals surface area contributed by atoms with E-state index in [2.05, 4.69) is 214 Å². The number of fused-ring (bicyclic) bond motifs is 3. The number of nitrogens with zero attached hydrogens (tertiary/aromatic N) is 3. The summed E-state index contributed by atoms with van der Waals surface area (Å²) in [6, 6.07) is 73.0. The van der Waals surface area contributed by atoms with Crippen molar-refractivity contribution in [2.75, 3.05) is 12.4 Å². The maximum absolute atomic E-state index is 5.15. The first-order valence-electron chi connectivity index (χ1n) is 19.4. The third kappa shape index (κ3) is 7.57. The third-order valence-corrected chi connectivity index (χ3v) is 10.5. The molecule has 5 nitrogen and oxygen atoms in total. The molecule has 0 atom stereocenters. The van der Waals surface area contributed by atoms with Gasteiger partial charge < -0.3 is 9.88 Å². The normalized spacial score (nSPS) is 11.6. The molecular formula is C52H43N5. The predicted molar refractivity (Wildman–Crippen MR) is 239 cm³/mol. The maximum Gasteiger partial charge on any atom is 0.145 e. The zero-order valence-corrected chi connectivity index (χ0v) is 31.9. The summed E-state index contributed by atoms with van der Waals surface area (Å²) in [7, 11) is 1.95. The van der Waals surface area contributed by atoms with E-state index >= 15 is 0 Å². The summed E-state index contributed by atoms with van der Waals surface area (Å²) in [5.74, 6) is 0.901. The molecule has 9 aromatic rings. The Labute approximate surface area is 334 Å². The first-order chi connectivity index (χ1) is 28.2. The molecular weight excluding hydrogens is 695 g/mol. The molecule has 0 saturated carbocycles. The van der Waals surface area contributed by atoms with Crippen molar-refractivity contribution in [1.82, 2.24) is 15.0 Å². The van der Waals surface area contributed by atoms with Crippen LogP contribution < -0.4 is 10.7 Å². The summed E-state index contributed by atoms with van der Waals surface area (Å²) in [5.41, 5.74) is 17.1. The van der Waals surface area contributed by atoms with E-state index in [-0.39, 0.29) is 0 Å². The fraction of sp³-hybridized carbons (Fsp3) is 0.0577. The Kier molecular flexibility index (Phi) is 10.1. The Balaban J connectivity index is 1.01. The molecule has 2 N–H and O–H groups in total. The number of benzene rings is 8. The van der Waals surface area contributed by atoms with Crippen LogP contribution in [-0.4, -0.2) is 22.5 Å². The number of aliphatic imine (C=N–C) groups is 1. The lowest BCUT2D eigenvalue weighted by Gasteiger charge is -2.25. The molecule has 0 saturated heterocycles. The molecule has 0 unspecified atom stereocenters. The Hall–Kier alpha value is -7.21. The van der Waals surface area contributed by atoms with E-state index in [1.54, 1.807) is 0 Å². The van der Waals surface area contributed by atoms with E-state index in [1.165, 1.54) is 38.5 Å². The molecule has 0 aliphatic heterocycles. The minimum absolute atomic E-state index is 0.551. The Bertz CT molecular complexity index is 2780. The molecule has 276 valence electrons. The smallest absolute Gasteiger partial charge is 0.145 e. The van der Waals surface area contributed by atoms with Crippen LogP contribution in [0.25, 0.3) is 49.7 Å². The molecule has 0 bridgehead atoms. The topological polar surface area (TPSA) is 44.6 Å². The van der Waals surface area contributed by atoms with Crippen molar-refractivity contribution in [3.05, 3.63) is 223 Å². The quantitative estimate of drug-likeness (QED) is 0.0789. The molecule has 0 aliphatic rings. The van der Waals surface area contributed by atoms with E-state index < -0.39 is 0 Å². The van der Waals surface area contributed by atoms with Gasteiger partial charge in [0.25, 0.3) is 0 Å². The molecule has 0 fully saturated rings. The van der Waals surface area contributed by atoms with Crippen LogP contribution in [0.2, 0.25) is 0 Å². The minimum atomic E-state index is 0.551. The van der Waals surface area contributed by atoms with E-state index in [4.69, 9.17) is 4.99 Å². The largest absolute Gasteiger partial charge is 0.355 e. The molecule has 5 heteroatoms. The lowest BCUT2D eigenvalue weighted by molar-refractivity contribution is 0.330. The van der Waals surface area contributed by atoms with E-state index in [9.17, 15) is 0 Å². The van der Waals surface area contributed by atoms with Crippen LogP contribution in [0, 0.1) is 0 Å². The molecule has 57 heavy (non-hydrogen) atoms. The summed E-state index contributed by atoms with van der Waals surface area (Å²) in [6.45, 7) is 1.25. The number of hydrogen-bond acceptors (Lipinski definition) is 3. The second-order valence-electron chi connectivity index (χ2n) is 14.2. The molecule has 0 amide bonds. The van der Waals surface area contributed by atoms with Gasteiger partial charge in [-0.15, -0.1) is 0 Å². The van der Waals surface area contributed by atoms with E-state index in [0.717, 1.165) is 45.2 Å². The average molecular weight is 738 g/mol. The second-order valence-corrected chi connectivity index (χ2v) is 14.2. The standard InChI is InChI=1S/C52H43N5/c1-53-56(37-39-16-6-2-7-17-39)52(41-20-10-4-11-21-41)54-36-38-26-30-44(31-27-38)55-49-32-28-42(34-47(49)40-18-8-3-9-19-40)43-29-33-51-48(35-43)46-24-14-15-25-50(46)57(51)45-22-12-5-13-23-45/h2-35,53,55H,36-37H2,1H3. The molecule has 0 aliphatic carbocycles. The van der Waals surface area contributed by atoms with Crippen molar-refractivity contribution in [1.29, 1.82) is 0 Å². The number of aromatic nitrogens is 1. The molecule has 1 heterocycles. The van der Waals surface area contributed by atoms with E-state index in [1.807, 2.05) is 19.2 Å². The van der Waals surface area contributed by atoms with Crippen LogP contribution in [0.1, 0.15) is 16.7 Å². The zero-order chi connectivity index (χ0) is 38.4. The van der Waals surface area contributed by atoms with Crippen molar-refractivity contribution < 1.29 is 0 Å². The number of nitrogens with one attached hydrogen (secondary N) is 2. The van der Waals surface area contributed by atoms with E-state index in [0.29, 0.717) is 13.1 Å².